The van der Waals surface area contributed by atoms with Gasteiger partial charge in [0, 0.05) is 30.1 Å². The van der Waals surface area contributed by atoms with E-state index in [1.807, 2.05) is 0 Å². The predicted molar refractivity (Wildman–Crippen MR) is 70.2 cm³/mol. The maximum absolute atomic E-state index is 12.6. The van der Waals surface area contributed by atoms with Crippen LogP contribution in [0.2, 0.25) is 0 Å². The molecule has 0 spiro atoms. The third kappa shape index (κ3) is 2.77. The Bertz CT molecular complexity index is 530. The van der Waals surface area contributed by atoms with E-state index in [2.05, 4.69) is 20.9 Å². The van der Waals surface area contributed by atoms with Crippen molar-refractivity contribution in [1.29, 1.82) is 0 Å². The SMILES string of the molecule is FC(F)(F)c1cc(SC[C@@H]2CCC3=CCCN32)ncn1. The number of aromatic nitrogens is 2. The lowest BCUT2D eigenvalue weighted by molar-refractivity contribution is -0.141. The molecule has 1 aromatic rings. The number of nitrogens with zero attached hydrogens (tertiary/aromatic N) is 3. The van der Waals surface area contributed by atoms with E-state index in [4.69, 9.17) is 0 Å². The Morgan fingerprint density at radius 3 is 3.00 bits per heavy atom. The summed E-state index contributed by atoms with van der Waals surface area (Å²) in [6, 6.07) is 1.44. The number of alkyl halides is 3. The molecule has 0 aliphatic carbocycles. The van der Waals surface area contributed by atoms with Crippen molar-refractivity contribution in [1.82, 2.24) is 14.9 Å². The van der Waals surface area contributed by atoms with Crippen LogP contribution in [0.4, 0.5) is 13.2 Å². The number of hydrogen-bond acceptors (Lipinski definition) is 4. The maximum atomic E-state index is 12.6. The molecule has 20 heavy (non-hydrogen) atoms. The Hall–Kier alpha value is -1.24. The molecule has 7 heteroatoms. The Labute approximate surface area is 119 Å². The Kier molecular flexibility index (Phi) is 3.62. The van der Waals surface area contributed by atoms with E-state index < -0.39 is 11.9 Å². The number of fused-ring (bicyclic) bond motifs is 1. The molecule has 0 saturated carbocycles. The van der Waals surface area contributed by atoms with E-state index in [1.54, 1.807) is 0 Å². The summed E-state index contributed by atoms with van der Waals surface area (Å²) < 4.78 is 37.7. The molecule has 0 unspecified atom stereocenters. The van der Waals surface area contributed by atoms with Crippen molar-refractivity contribution in [3.8, 4) is 0 Å². The molecule has 0 radical (unpaired) electrons. The molecule has 0 aromatic carbocycles. The summed E-state index contributed by atoms with van der Waals surface area (Å²) in [5, 5.41) is 0.393. The fourth-order valence-electron chi connectivity index (χ4n) is 2.69. The molecular weight excluding hydrogens is 287 g/mol. The second-order valence-electron chi connectivity index (χ2n) is 4.92. The molecule has 1 aromatic heterocycles. The zero-order valence-electron chi connectivity index (χ0n) is 10.7. The quantitative estimate of drug-likeness (QED) is 0.632. The molecule has 3 rings (SSSR count). The van der Waals surface area contributed by atoms with Crippen LogP contribution in [0.25, 0.3) is 0 Å². The molecule has 1 saturated heterocycles. The monoisotopic (exact) mass is 301 g/mol. The smallest absolute Gasteiger partial charge is 0.371 e. The fraction of sp³-hybridized carbons (Fsp3) is 0.538. The molecule has 2 aliphatic heterocycles. The lowest BCUT2D eigenvalue weighted by Gasteiger charge is -2.23. The predicted octanol–water partition coefficient (Wildman–Crippen LogP) is 3.34. The maximum Gasteiger partial charge on any atom is 0.433 e. The topological polar surface area (TPSA) is 29.0 Å². The van der Waals surface area contributed by atoms with Gasteiger partial charge in [0.05, 0.1) is 0 Å². The van der Waals surface area contributed by atoms with Crippen molar-refractivity contribution in [2.75, 3.05) is 12.3 Å². The van der Waals surface area contributed by atoms with Gasteiger partial charge in [0.15, 0.2) is 0 Å². The van der Waals surface area contributed by atoms with Crippen molar-refractivity contribution < 1.29 is 13.2 Å². The molecule has 3 nitrogen and oxygen atoms in total. The fourth-order valence-corrected chi connectivity index (χ4v) is 3.72. The van der Waals surface area contributed by atoms with Crippen LogP contribution in [0.5, 0.6) is 0 Å². The summed E-state index contributed by atoms with van der Waals surface area (Å²) in [4.78, 5) is 9.57. The van der Waals surface area contributed by atoms with Gasteiger partial charge in [-0.25, -0.2) is 9.97 Å². The third-order valence-corrected chi connectivity index (χ3v) is 4.72. The average molecular weight is 301 g/mol. The van der Waals surface area contributed by atoms with Gasteiger partial charge in [-0.05, 0) is 19.3 Å². The second-order valence-corrected chi connectivity index (χ2v) is 5.96. The molecule has 0 bridgehead atoms. The van der Waals surface area contributed by atoms with Crippen molar-refractivity contribution >= 4 is 11.8 Å². The van der Waals surface area contributed by atoms with Crippen molar-refractivity contribution in [3.05, 3.63) is 29.9 Å². The Morgan fingerprint density at radius 1 is 1.35 bits per heavy atom. The summed E-state index contributed by atoms with van der Waals surface area (Å²) in [6.45, 7) is 1.04. The van der Waals surface area contributed by atoms with Crippen molar-refractivity contribution in [2.24, 2.45) is 0 Å². The summed E-state index contributed by atoms with van der Waals surface area (Å²) in [5.74, 6) is 0.769. The highest BCUT2D eigenvalue weighted by molar-refractivity contribution is 7.99. The van der Waals surface area contributed by atoms with Gasteiger partial charge in [0.2, 0.25) is 0 Å². The van der Waals surface area contributed by atoms with Crippen LogP contribution in [0.15, 0.2) is 29.2 Å². The van der Waals surface area contributed by atoms with Crippen LogP contribution in [0.1, 0.15) is 25.0 Å². The first kappa shape index (κ1) is 13.7. The number of hydrogen-bond donors (Lipinski definition) is 0. The lowest BCUT2D eigenvalue weighted by Crippen LogP contribution is -2.28. The minimum absolute atomic E-state index is 0.393. The number of allylic oxidation sites excluding steroid dienone is 1. The van der Waals surface area contributed by atoms with E-state index in [0.717, 1.165) is 44.0 Å². The van der Waals surface area contributed by atoms with E-state index in [9.17, 15) is 13.2 Å². The summed E-state index contributed by atoms with van der Waals surface area (Å²) in [5.41, 5.74) is 0.525. The van der Waals surface area contributed by atoms with Crippen LogP contribution in [0.3, 0.4) is 0 Å². The van der Waals surface area contributed by atoms with E-state index in [-0.39, 0.29) is 0 Å². The third-order valence-electron chi connectivity index (χ3n) is 3.65. The standard InChI is InChI=1S/C13H14F3N3S/c14-13(15,16)11-6-12(18-8-17-11)20-7-10-4-3-9-2-1-5-19(9)10/h2,6,8,10H,1,3-5,7H2/t10-/m0/s1. The van der Waals surface area contributed by atoms with Gasteiger partial charge >= 0.3 is 6.18 Å². The normalized spacial score (nSPS) is 22.1. The lowest BCUT2D eigenvalue weighted by atomic mass is 10.2. The van der Waals surface area contributed by atoms with Crippen LogP contribution >= 0.6 is 11.8 Å². The van der Waals surface area contributed by atoms with E-state index in [0.29, 0.717) is 11.1 Å². The van der Waals surface area contributed by atoms with Crippen molar-refractivity contribution in [2.45, 2.75) is 36.5 Å². The van der Waals surface area contributed by atoms with Crippen LogP contribution in [-0.4, -0.2) is 33.2 Å². The molecule has 108 valence electrons. The molecule has 0 amide bonds. The highest BCUT2D eigenvalue weighted by Gasteiger charge is 2.33. The van der Waals surface area contributed by atoms with E-state index in [1.165, 1.54) is 17.5 Å². The van der Waals surface area contributed by atoms with Crippen LogP contribution in [0, 0.1) is 0 Å². The first-order valence-electron chi connectivity index (χ1n) is 6.52. The summed E-state index contributed by atoms with van der Waals surface area (Å²) >= 11 is 1.38. The first-order valence-corrected chi connectivity index (χ1v) is 7.50. The molecule has 0 N–H and O–H groups in total. The zero-order chi connectivity index (χ0) is 14.2. The highest BCUT2D eigenvalue weighted by atomic mass is 32.2. The van der Waals surface area contributed by atoms with Gasteiger partial charge in [-0.1, -0.05) is 6.08 Å². The number of thioether (sulfide) groups is 1. The molecular formula is C13H14F3N3S. The summed E-state index contributed by atoms with van der Waals surface area (Å²) in [6.07, 6.45) is 2.09. The van der Waals surface area contributed by atoms with E-state index >= 15 is 0 Å². The molecule has 1 fully saturated rings. The van der Waals surface area contributed by atoms with Gasteiger partial charge in [0.1, 0.15) is 17.0 Å². The Morgan fingerprint density at radius 2 is 2.20 bits per heavy atom. The average Bonchev–Trinajstić information content (AvgIpc) is 2.99. The minimum atomic E-state index is -4.41. The largest absolute Gasteiger partial charge is 0.433 e. The van der Waals surface area contributed by atoms with Crippen LogP contribution < -0.4 is 0 Å². The summed E-state index contributed by atoms with van der Waals surface area (Å²) in [7, 11) is 0. The highest BCUT2D eigenvalue weighted by Crippen LogP contribution is 2.35. The second kappa shape index (κ2) is 5.27. The molecule has 3 heterocycles. The first-order chi connectivity index (χ1) is 9.54. The number of halogens is 3. The van der Waals surface area contributed by atoms with Gasteiger partial charge < -0.3 is 4.90 Å². The van der Waals surface area contributed by atoms with Gasteiger partial charge in [-0.3, -0.25) is 0 Å². The van der Waals surface area contributed by atoms with Crippen molar-refractivity contribution in [3.63, 3.8) is 0 Å². The Balaban J connectivity index is 1.63. The molecule has 2 aliphatic rings. The zero-order valence-corrected chi connectivity index (χ0v) is 11.5. The molecule has 1 atom stereocenters. The number of rotatable bonds is 3. The van der Waals surface area contributed by atoms with Gasteiger partial charge in [-0.15, -0.1) is 11.8 Å². The van der Waals surface area contributed by atoms with Gasteiger partial charge in [-0.2, -0.15) is 13.2 Å². The van der Waals surface area contributed by atoms with Gasteiger partial charge in [0.25, 0.3) is 0 Å². The van der Waals surface area contributed by atoms with Crippen LogP contribution in [-0.2, 0) is 6.18 Å². The minimum Gasteiger partial charge on any atom is -0.371 e.